The minimum absolute atomic E-state index is 0.131. The zero-order chi connectivity index (χ0) is 13.1. The normalized spacial score (nSPS) is 23.1. The lowest BCUT2D eigenvalue weighted by Crippen LogP contribution is -2.29. The van der Waals surface area contributed by atoms with Crippen molar-refractivity contribution in [3.63, 3.8) is 0 Å². The third-order valence-corrected chi connectivity index (χ3v) is 3.41. The molecular weight excluding hydrogens is 230 g/mol. The standard InChI is InChI=1S/C13H19N3O2/c1-8-12(7-14-9(2)16-8)13(18)15-6-10-3-4-11(17)5-10/h7,10-11,17H,3-6H2,1-2H3,(H,15,18)/t10-,11+/m1/s1. The van der Waals surface area contributed by atoms with Crippen LogP contribution in [0.1, 0.15) is 41.1 Å². The Morgan fingerprint density at radius 2 is 2.28 bits per heavy atom. The number of nitrogens with zero attached hydrogens (tertiary/aromatic N) is 2. The van der Waals surface area contributed by atoms with E-state index in [1.807, 2.05) is 6.92 Å². The molecule has 1 saturated carbocycles. The van der Waals surface area contributed by atoms with Crippen LogP contribution in [0.3, 0.4) is 0 Å². The first-order chi connectivity index (χ1) is 8.56. The largest absolute Gasteiger partial charge is 0.393 e. The number of aliphatic hydroxyl groups is 1. The Morgan fingerprint density at radius 1 is 1.50 bits per heavy atom. The molecule has 1 heterocycles. The molecule has 0 aliphatic heterocycles. The van der Waals surface area contributed by atoms with Crippen LogP contribution in [0.15, 0.2) is 6.20 Å². The highest BCUT2D eigenvalue weighted by Crippen LogP contribution is 2.24. The second kappa shape index (κ2) is 5.44. The number of carbonyl (C=O) groups is 1. The summed E-state index contributed by atoms with van der Waals surface area (Å²) >= 11 is 0. The van der Waals surface area contributed by atoms with Crippen LogP contribution in [0.2, 0.25) is 0 Å². The molecule has 2 rings (SSSR count). The SMILES string of the molecule is Cc1ncc(C(=O)NC[C@@H]2CC[C@H](O)C2)c(C)n1. The molecule has 1 aliphatic carbocycles. The highest BCUT2D eigenvalue weighted by Gasteiger charge is 2.23. The Balaban J connectivity index is 1.91. The average molecular weight is 249 g/mol. The molecule has 0 unspecified atom stereocenters. The number of aryl methyl sites for hydroxylation is 2. The van der Waals surface area contributed by atoms with E-state index < -0.39 is 0 Å². The van der Waals surface area contributed by atoms with Gasteiger partial charge >= 0.3 is 0 Å². The summed E-state index contributed by atoms with van der Waals surface area (Å²) in [5.74, 6) is 0.924. The summed E-state index contributed by atoms with van der Waals surface area (Å²) in [7, 11) is 0. The lowest BCUT2D eigenvalue weighted by molar-refractivity contribution is 0.0943. The Hall–Kier alpha value is -1.49. The fraction of sp³-hybridized carbons (Fsp3) is 0.615. The number of rotatable bonds is 3. The zero-order valence-corrected chi connectivity index (χ0v) is 10.8. The summed E-state index contributed by atoms with van der Waals surface area (Å²) < 4.78 is 0. The van der Waals surface area contributed by atoms with E-state index in [4.69, 9.17) is 0 Å². The van der Waals surface area contributed by atoms with Crippen molar-refractivity contribution >= 4 is 5.91 Å². The van der Waals surface area contributed by atoms with Gasteiger partial charge in [0.15, 0.2) is 0 Å². The molecule has 98 valence electrons. The van der Waals surface area contributed by atoms with Gasteiger partial charge in [0.2, 0.25) is 0 Å². The number of amides is 1. The fourth-order valence-corrected chi connectivity index (χ4v) is 2.37. The van der Waals surface area contributed by atoms with E-state index in [1.165, 1.54) is 0 Å². The molecule has 1 aromatic rings. The van der Waals surface area contributed by atoms with Crippen molar-refractivity contribution < 1.29 is 9.90 Å². The Morgan fingerprint density at radius 3 is 2.89 bits per heavy atom. The first kappa shape index (κ1) is 13.0. The van der Waals surface area contributed by atoms with Crippen molar-refractivity contribution in [3.05, 3.63) is 23.3 Å². The molecule has 5 heteroatoms. The maximum absolute atomic E-state index is 12.0. The van der Waals surface area contributed by atoms with E-state index >= 15 is 0 Å². The number of aromatic nitrogens is 2. The van der Waals surface area contributed by atoms with Gasteiger partial charge in [0, 0.05) is 12.7 Å². The lowest BCUT2D eigenvalue weighted by atomic mass is 10.1. The summed E-state index contributed by atoms with van der Waals surface area (Å²) in [5, 5.41) is 12.3. The molecule has 2 N–H and O–H groups in total. The quantitative estimate of drug-likeness (QED) is 0.837. The van der Waals surface area contributed by atoms with Gasteiger partial charge < -0.3 is 10.4 Å². The van der Waals surface area contributed by atoms with Crippen LogP contribution < -0.4 is 5.32 Å². The number of hydrogen-bond donors (Lipinski definition) is 2. The predicted molar refractivity (Wildman–Crippen MR) is 67.2 cm³/mol. The van der Waals surface area contributed by atoms with Gasteiger partial charge in [-0.1, -0.05) is 0 Å². The average Bonchev–Trinajstić information content (AvgIpc) is 2.72. The van der Waals surface area contributed by atoms with Crippen LogP contribution in [-0.2, 0) is 0 Å². The second-order valence-corrected chi connectivity index (χ2v) is 4.96. The summed E-state index contributed by atoms with van der Waals surface area (Å²) in [5.41, 5.74) is 1.23. The van der Waals surface area contributed by atoms with Crippen LogP contribution in [0.5, 0.6) is 0 Å². The topological polar surface area (TPSA) is 75.1 Å². The summed E-state index contributed by atoms with van der Waals surface area (Å²) in [6.45, 7) is 4.22. The molecule has 1 fully saturated rings. The summed E-state index contributed by atoms with van der Waals surface area (Å²) in [6, 6.07) is 0. The van der Waals surface area contributed by atoms with Crippen molar-refractivity contribution in [2.45, 2.75) is 39.2 Å². The molecule has 18 heavy (non-hydrogen) atoms. The molecule has 1 aliphatic rings. The fourth-order valence-electron chi connectivity index (χ4n) is 2.37. The van der Waals surface area contributed by atoms with Gasteiger partial charge in [0.25, 0.3) is 5.91 Å². The third-order valence-electron chi connectivity index (χ3n) is 3.41. The molecule has 0 saturated heterocycles. The van der Waals surface area contributed by atoms with Crippen LogP contribution in [0.25, 0.3) is 0 Å². The molecule has 1 amide bonds. The highest BCUT2D eigenvalue weighted by atomic mass is 16.3. The summed E-state index contributed by atoms with van der Waals surface area (Å²) in [4.78, 5) is 20.2. The number of hydrogen-bond acceptors (Lipinski definition) is 4. The zero-order valence-electron chi connectivity index (χ0n) is 10.8. The third kappa shape index (κ3) is 3.04. The molecular formula is C13H19N3O2. The molecule has 1 aromatic heterocycles. The molecule has 0 radical (unpaired) electrons. The Bertz CT molecular complexity index is 448. The Kier molecular flexibility index (Phi) is 3.91. The van der Waals surface area contributed by atoms with Crippen LogP contribution in [-0.4, -0.2) is 33.6 Å². The van der Waals surface area contributed by atoms with Crippen LogP contribution in [0, 0.1) is 19.8 Å². The molecule has 5 nitrogen and oxygen atoms in total. The monoisotopic (exact) mass is 249 g/mol. The summed E-state index contributed by atoms with van der Waals surface area (Å²) in [6.07, 6.45) is 3.97. The van der Waals surface area contributed by atoms with Crippen molar-refractivity contribution in [2.24, 2.45) is 5.92 Å². The molecule has 0 spiro atoms. The first-order valence-corrected chi connectivity index (χ1v) is 6.32. The van der Waals surface area contributed by atoms with E-state index in [-0.39, 0.29) is 12.0 Å². The van der Waals surface area contributed by atoms with Gasteiger partial charge in [-0.25, -0.2) is 9.97 Å². The smallest absolute Gasteiger partial charge is 0.254 e. The molecule has 0 bridgehead atoms. The van der Waals surface area contributed by atoms with E-state index in [0.717, 1.165) is 19.3 Å². The van der Waals surface area contributed by atoms with Gasteiger partial charge in [-0.2, -0.15) is 0 Å². The number of nitrogens with one attached hydrogen (secondary N) is 1. The van der Waals surface area contributed by atoms with E-state index in [1.54, 1.807) is 13.1 Å². The minimum Gasteiger partial charge on any atom is -0.393 e. The second-order valence-electron chi connectivity index (χ2n) is 4.96. The minimum atomic E-state index is -0.198. The van der Waals surface area contributed by atoms with Crippen molar-refractivity contribution in [2.75, 3.05) is 6.54 Å². The first-order valence-electron chi connectivity index (χ1n) is 6.32. The van der Waals surface area contributed by atoms with Gasteiger partial charge in [0.05, 0.1) is 17.4 Å². The van der Waals surface area contributed by atoms with Crippen LogP contribution in [0.4, 0.5) is 0 Å². The lowest BCUT2D eigenvalue weighted by Gasteiger charge is -2.11. The van der Waals surface area contributed by atoms with E-state index in [9.17, 15) is 9.90 Å². The van der Waals surface area contributed by atoms with Crippen LogP contribution >= 0.6 is 0 Å². The Labute approximate surface area is 107 Å². The van der Waals surface area contributed by atoms with Gasteiger partial charge in [-0.3, -0.25) is 4.79 Å². The van der Waals surface area contributed by atoms with E-state index in [0.29, 0.717) is 29.5 Å². The van der Waals surface area contributed by atoms with Crippen molar-refractivity contribution in [1.82, 2.24) is 15.3 Å². The van der Waals surface area contributed by atoms with Gasteiger partial charge in [0.1, 0.15) is 5.82 Å². The maximum atomic E-state index is 12.0. The number of carbonyl (C=O) groups excluding carboxylic acids is 1. The van der Waals surface area contributed by atoms with E-state index in [2.05, 4.69) is 15.3 Å². The van der Waals surface area contributed by atoms with Crippen molar-refractivity contribution in [3.8, 4) is 0 Å². The van der Waals surface area contributed by atoms with Crippen molar-refractivity contribution in [1.29, 1.82) is 0 Å². The molecule has 2 atom stereocenters. The molecule has 0 aromatic carbocycles. The predicted octanol–water partition coefficient (Wildman–Crippen LogP) is 0.984. The van der Waals surface area contributed by atoms with Gasteiger partial charge in [-0.05, 0) is 39.0 Å². The maximum Gasteiger partial charge on any atom is 0.254 e. The number of aliphatic hydroxyl groups excluding tert-OH is 1. The van der Waals surface area contributed by atoms with Gasteiger partial charge in [-0.15, -0.1) is 0 Å². The highest BCUT2D eigenvalue weighted by molar-refractivity contribution is 5.94.